The molecule has 0 amide bonds. The normalized spacial score (nSPS) is 11.9. The SMILES string of the molecule is c1ccc2c(c1)cc(N(c1ccc(-c3cccc4c3oc3ccccc34)cc1)c1ccc(-c3cccc4c3oc3ccccc34)cc1)c1c3ccccc3sc21. The Labute approximate surface area is 325 Å². The van der Waals surface area contributed by atoms with Crippen molar-refractivity contribution in [2.75, 3.05) is 4.90 Å². The van der Waals surface area contributed by atoms with Crippen LogP contribution in [0.25, 0.3) is 97.1 Å². The van der Waals surface area contributed by atoms with Gasteiger partial charge in [-0.2, -0.15) is 0 Å². The summed E-state index contributed by atoms with van der Waals surface area (Å²) in [5.74, 6) is 0. The van der Waals surface area contributed by atoms with Crippen LogP contribution in [0.2, 0.25) is 0 Å². The summed E-state index contributed by atoms with van der Waals surface area (Å²) < 4.78 is 15.5. The molecule has 0 aliphatic heterocycles. The first kappa shape index (κ1) is 31.2. The van der Waals surface area contributed by atoms with Crippen LogP contribution in [-0.2, 0) is 0 Å². The van der Waals surface area contributed by atoms with Gasteiger partial charge in [-0.1, -0.05) is 140 Å². The van der Waals surface area contributed by atoms with E-state index in [-0.39, 0.29) is 0 Å². The summed E-state index contributed by atoms with van der Waals surface area (Å²) in [6, 6.07) is 67.2. The lowest BCUT2D eigenvalue weighted by molar-refractivity contribution is 0.669. The van der Waals surface area contributed by atoms with Crippen molar-refractivity contribution >= 4 is 103 Å². The summed E-state index contributed by atoms with van der Waals surface area (Å²) in [5.41, 5.74) is 11.3. The van der Waals surface area contributed by atoms with Crippen LogP contribution < -0.4 is 4.90 Å². The van der Waals surface area contributed by atoms with Gasteiger partial charge in [0, 0.05) is 64.2 Å². The molecule has 4 heteroatoms. The van der Waals surface area contributed by atoms with Gasteiger partial charge < -0.3 is 13.7 Å². The van der Waals surface area contributed by atoms with Crippen molar-refractivity contribution in [2.45, 2.75) is 0 Å². The maximum Gasteiger partial charge on any atom is 0.143 e. The van der Waals surface area contributed by atoms with Crippen LogP contribution in [0.4, 0.5) is 17.1 Å². The van der Waals surface area contributed by atoms with Crippen molar-refractivity contribution in [1.82, 2.24) is 0 Å². The number of nitrogens with zero attached hydrogens (tertiary/aromatic N) is 1. The van der Waals surface area contributed by atoms with Crippen LogP contribution in [-0.4, -0.2) is 0 Å². The topological polar surface area (TPSA) is 29.5 Å². The number of furan rings is 2. The first-order chi connectivity index (χ1) is 27.8. The van der Waals surface area contributed by atoms with Gasteiger partial charge in [0.25, 0.3) is 0 Å². The molecule has 12 aromatic rings. The fraction of sp³-hybridized carbons (Fsp3) is 0. The molecule has 0 radical (unpaired) electrons. The van der Waals surface area contributed by atoms with Crippen molar-refractivity contribution in [2.24, 2.45) is 0 Å². The second-order valence-corrected chi connectivity index (χ2v) is 15.5. The number of hydrogen-bond acceptors (Lipinski definition) is 4. The van der Waals surface area contributed by atoms with Gasteiger partial charge in [0.1, 0.15) is 22.3 Å². The molecule has 0 spiro atoms. The van der Waals surface area contributed by atoms with Crippen molar-refractivity contribution < 1.29 is 8.83 Å². The molecule has 262 valence electrons. The van der Waals surface area contributed by atoms with Crippen molar-refractivity contribution in [3.8, 4) is 22.3 Å². The van der Waals surface area contributed by atoms with Crippen molar-refractivity contribution in [3.05, 3.63) is 188 Å². The molecule has 3 nitrogen and oxygen atoms in total. The Morgan fingerprint density at radius 1 is 0.393 bits per heavy atom. The summed E-state index contributed by atoms with van der Waals surface area (Å²) in [4.78, 5) is 2.42. The minimum absolute atomic E-state index is 0.904. The summed E-state index contributed by atoms with van der Waals surface area (Å²) in [6.45, 7) is 0. The second-order valence-electron chi connectivity index (χ2n) is 14.4. The van der Waals surface area contributed by atoms with Crippen molar-refractivity contribution in [3.63, 3.8) is 0 Å². The molecule has 56 heavy (non-hydrogen) atoms. The first-order valence-corrected chi connectivity index (χ1v) is 19.7. The number of anilines is 3. The Balaban J connectivity index is 1.05. The van der Waals surface area contributed by atoms with E-state index in [0.717, 1.165) is 83.2 Å². The first-order valence-electron chi connectivity index (χ1n) is 18.9. The molecular weight excluding hydrogens is 703 g/mol. The molecule has 3 aromatic heterocycles. The summed E-state index contributed by atoms with van der Waals surface area (Å²) in [6.07, 6.45) is 0. The molecule has 0 bridgehead atoms. The quantitative estimate of drug-likeness (QED) is 0.176. The molecule has 0 saturated carbocycles. The number of benzene rings is 9. The molecule has 9 aromatic carbocycles. The lowest BCUT2D eigenvalue weighted by atomic mass is 9.99. The Bertz CT molecular complexity index is 3320. The largest absolute Gasteiger partial charge is 0.455 e. The van der Waals surface area contributed by atoms with Gasteiger partial charge in [0.15, 0.2) is 0 Å². The van der Waals surface area contributed by atoms with E-state index >= 15 is 0 Å². The molecule has 0 fully saturated rings. The van der Waals surface area contributed by atoms with E-state index in [1.807, 2.05) is 35.6 Å². The summed E-state index contributed by atoms with van der Waals surface area (Å²) in [7, 11) is 0. The molecule has 0 saturated heterocycles. The van der Waals surface area contributed by atoms with Gasteiger partial charge in [-0.25, -0.2) is 0 Å². The lowest BCUT2D eigenvalue weighted by Gasteiger charge is -2.27. The minimum atomic E-state index is 0.904. The van der Waals surface area contributed by atoms with Crippen LogP contribution >= 0.6 is 11.3 Å². The van der Waals surface area contributed by atoms with E-state index in [2.05, 4.69) is 169 Å². The second kappa shape index (κ2) is 12.2. The lowest BCUT2D eigenvalue weighted by Crippen LogP contribution is -2.10. The third-order valence-electron chi connectivity index (χ3n) is 11.3. The number of hydrogen-bond donors (Lipinski definition) is 0. The maximum absolute atomic E-state index is 6.45. The molecular formula is C52H31NO2S. The Kier molecular flexibility index (Phi) is 6.80. The zero-order valence-corrected chi connectivity index (χ0v) is 30.9. The highest BCUT2D eigenvalue weighted by Crippen LogP contribution is 2.49. The van der Waals surface area contributed by atoms with Crippen LogP contribution in [0, 0.1) is 0 Å². The van der Waals surface area contributed by atoms with E-state index in [1.54, 1.807) is 0 Å². The fourth-order valence-corrected chi connectivity index (χ4v) is 9.93. The number of para-hydroxylation sites is 4. The molecule has 0 aliphatic rings. The van der Waals surface area contributed by atoms with E-state index in [4.69, 9.17) is 8.83 Å². The Hall–Kier alpha value is -7.14. The van der Waals surface area contributed by atoms with Gasteiger partial charge in [-0.15, -0.1) is 11.3 Å². The van der Waals surface area contributed by atoms with Crippen LogP contribution in [0.5, 0.6) is 0 Å². The average Bonchev–Trinajstić information content (AvgIpc) is 3.96. The minimum Gasteiger partial charge on any atom is -0.455 e. The number of fused-ring (bicyclic) bond motifs is 11. The average molecular weight is 734 g/mol. The van der Waals surface area contributed by atoms with E-state index < -0.39 is 0 Å². The van der Waals surface area contributed by atoms with E-state index in [9.17, 15) is 0 Å². The number of rotatable bonds is 5. The molecule has 0 atom stereocenters. The predicted molar refractivity (Wildman–Crippen MR) is 237 cm³/mol. The monoisotopic (exact) mass is 733 g/mol. The fourth-order valence-electron chi connectivity index (χ4n) is 8.67. The number of thiophene rings is 1. The highest BCUT2D eigenvalue weighted by molar-refractivity contribution is 7.26. The van der Waals surface area contributed by atoms with E-state index in [1.165, 1.54) is 30.9 Å². The molecule has 0 aliphatic carbocycles. The highest BCUT2D eigenvalue weighted by Gasteiger charge is 2.22. The van der Waals surface area contributed by atoms with Gasteiger partial charge >= 0.3 is 0 Å². The van der Waals surface area contributed by atoms with E-state index in [0.29, 0.717) is 0 Å². The van der Waals surface area contributed by atoms with Gasteiger partial charge in [0.05, 0.1) is 5.69 Å². The molecule has 3 heterocycles. The third kappa shape index (κ3) is 4.70. The van der Waals surface area contributed by atoms with Gasteiger partial charge in [0.2, 0.25) is 0 Å². The maximum atomic E-state index is 6.45. The zero-order chi connectivity index (χ0) is 36.7. The third-order valence-corrected chi connectivity index (χ3v) is 12.5. The van der Waals surface area contributed by atoms with Gasteiger partial charge in [-0.05, 0) is 70.4 Å². The van der Waals surface area contributed by atoms with Crippen LogP contribution in [0.1, 0.15) is 0 Å². The van der Waals surface area contributed by atoms with Crippen molar-refractivity contribution in [1.29, 1.82) is 0 Å². The van der Waals surface area contributed by atoms with Crippen LogP contribution in [0.15, 0.2) is 197 Å². The smallest absolute Gasteiger partial charge is 0.143 e. The molecule has 0 unspecified atom stereocenters. The molecule has 12 rings (SSSR count). The zero-order valence-electron chi connectivity index (χ0n) is 30.1. The molecule has 0 N–H and O–H groups in total. The Morgan fingerprint density at radius 3 is 1.46 bits per heavy atom. The summed E-state index contributed by atoms with van der Waals surface area (Å²) in [5, 5.41) is 9.54. The van der Waals surface area contributed by atoms with Crippen LogP contribution in [0.3, 0.4) is 0 Å². The predicted octanol–water partition coefficient (Wildman–Crippen LogP) is 15.8. The Morgan fingerprint density at radius 2 is 0.875 bits per heavy atom. The summed E-state index contributed by atoms with van der Waals surface area (Å²) >= 11 is 1.87. The standard InChI is InChI=1S/C52H31NO2S/c1-2-12-39-34(11-1)31-45(49-44-15-5-8-22-48(44)56-52(39)49)53(35-27-23-32(24-28-35)37-16-9-18-42-40-13-3-6-20-46(40)54-50(37)42)36-29-25-33(26-30-36)38-17-10-19-43-41-14-4-7-21-47(41)55-51(38)43/h1-31H. The van der Waals surface area contributed by atoms with Gasteiger partial charge in [-0.3, -0.25) is 0 Å². The highest BCUT2D eigenvalue weighted by atomic mass is 32.1.